The normalized spacial score (nSPS) is 22.7. The predicted octanol–water partition coefficient (Wildman–Crippen LogP) is 8.91. The molecular weight excluding hydrogens is 892 g/mol. The molecule has 0 aromatic carbocycles. The molecule has 14 nitrogen and oxygen atoms in total. The molecule has 0 heterocycles. The lowest BCUT2D eigenvalue weighted by Gasteiger charge is -2.41. The molecule has 1 saturated carbocycles. The minimum absolute atomic E-state index is 0.0111. The Hall–Kier alpha value is -4.05. The summed E-state index contributed by atoms with van der Waals surface area (Å²) < 4.78 is 33.4. The summed E-state index contributed by atoms with van der Waals surface area (Å²) in [5, 5.41) is 60.1. The lowest BCUT2D eigenvalue weighted by molar-refractivity contribution is -0.220. The van der Waals surface area contributed by atoms with Crippen molar-refractivity contribution in [3.8, 4) is 0 Å². The van der Waals surface area contributed by atoms with Crippen LogP contribution in [0.5, 0.6) is 0 Å². The number of esters is 2. The van der Waals surface area contributed by atoms with E-state index in [4.69, 9.17) is 18.5 Å². The first-order valence-corrected chi connectivity index (χ1v) is 25.6. The van der Waals surface area contributed by atoms with Crippen LogP contribution in [0.4, 0.5) is 0 Å². The Labute approximate surface area is 405 Å². The number of carbonyl (C=O) groups is 2. The fraction of sp³-hybridized carbons (Fsp3) is 0.547. The average molecular weight is 973 g/mol. The molecule has 1 aliphatic carbocycles. The molecule has 382 valence electrons. The van der Waals surface area contributed by atoms with E-state index in [1.54, 1.807) is 12.2 Å². The smallest absolute Gasteiger partial charge is 0.462 e. The van der Waals surface area contributed by atoms with Crippen LogP contribution in [0.15, 0.2) is 134 Å². The van der Waals surface area contributed by atoms with Gasteiger partial charge in [0.25, 0.3) is 0 Å². The zero-order valence-corrected chi connectivity index (χ0v) is 41.1. The number of hydrogen-bond donors (Lipinski definition) is 7. The molecule has 0 aliphatic heterocycles. The van der Waals surface area contributed by atoms with Gasteiger partial charge in [0.1, 0.15) is 43.2 Å². The lowest BCUT2D eigenvalue weighted by atomic mass is 9.85. The number of aliphatic hydroxyl groups is 6. The van der Waals surface area contributed by atoms with Crippen LogP contribution in [-0.4, -0.2) is 110 Å². The Morgan fingerprint density at radius 3 is 1.50 bits per heavy atom. The number of allylic oxidation sites excluding steroid dienone is 20. The van der Waals surface area contributed by atoms with Gasteiger partial charge in [0.2, 0.25) is 0 Å². The van der Waals surface area contributed by atoms with Gasteiger partial charge in [-0.05, 0) is 83.5 Å². The summed E-state index contributed by atoms with van der Waals surface area (Å²) in [5.74, 6) is -1.33. The number of rotatable bonds is 37. The van der Waals surface area contributed by atoms with Crippen LogP contribution in [0.3, 0.4) is 0 Å². The molecule has 0 amide bonds. The van der Waals surface area contributed by atoms with E-state index in [1.165, 1.54) is 19.3 Å². The first kappa shape index (κ1) is 62.0. The second-order valence-electron chi connectivity index (χ2n) is 16.1. The van der Waals surface area contributed by atoms with Crippen molar-refractivity contribution in [2.24, 2.45) is 0 Å². The number of aliphatic hydroxyl groups excluding tert-OH is 6. The van der Waals surface area contributed by atoms with E-state index in [2.05, 4.69) is 49.5 Å². The first-order valence-electron chi connectivity index (χ1n) is 24.1. The Morgan fingerprint density at radius 2 is 1.00 bits per heavy atom. The molecule has 1 aliphatic rings. The van der Waals surface area contributed by atoms with E-state index in [0.717, 1.165) is 44.9 Å². The largest absolute Gasteiger partial charge is 0.472 e. The number of ether oxygens (including phenoxy) is 2. The second-order valence-corrected chi connectivity index (χ2v) is 17.5. The van der Waals surface area contributed by atoms with Crippen molar-refractivity contribution in [3.63, 3.8) is 0 Å². The maximum atomic E-state index is 12.8. The third kappa shape index (κ3) is 32.7. The van der Waals surface area contributed by atoms with Gasteiger partial charge in [-0.15, -0.1) is 0 Å². The highest BCUT2D eigenvalue weighted by Gasteiger charge is 2.51. The van der Waals surface area contributed by atoms with Gasteiger partial charge >= 0.3 is 19.8 Å². The molecule has 0 aromatic rings. The van der Waals surface area contributed by atoms with Crippen LogP contribution in [0.25, 0.3) is 0 Å². The van der Waals surface area contributed by atoms with E-state index in [1.807, 2.05) is 85.9 Å². The Morgan fingerprint density at radius 1 is 0.544 bits per heavy atom. The molecule has 68 heavy (non-hydrogen) atoms. The molecule has 4 unspecified atom stereocenters. The van der Waals surface area contributed by atoms with Crippen molar-refractivity contribution in [2.75, 3.05) is 13.2 Å². The predicted molar refractivity (Wildman–Crippen MR) is 268 cm³/mol. The van der Waals surface area contributed by atoms with E-state index < -0.39 is 81.8 Å². The molecule has 0 saturated heterocycles. The number of phosphoric acid groups is 1. The highest BCUT2D eigenvalue weighted by molar-refractivity contribution is 7.47. The van der Waals surface area contributed by atoms with E-state index in [-0.39, 0.29) is 12.8 Å². The SMILES string of the molecule is CC/C=C\CC(O)/C=C/C=C/C/C=C\C/C=C\C/C=C\CCC(=O)O[C@H](COC(=O)CC/C=C\C/C=C\C/C=C\C/C=C\C/C=C\CCCCC)COP(=O)(O)OC1[C@H](O)[C@H](O)C(O)[C@H](O)[C@H]1O. The van der Waals surface area contributed by atoms with Crippen LogP contribution < -0.4 is 0 Å². The van der Waals surface area contributed by atoms with E-state index in [9.17, 15) is 49.7 Å². The minimum Gasteiger partial charge on any atom is -0.462 e. The van der Waals surface area contributed by atoms with E-state index in [0.29, 0.717) is 32.1 Å². The third-order valence-corrected chi connectivity index (χ3v) is 11.1. The second kappa shape index (κ2) is 40.8. The summed E-state index contributed by atoms with van der Waals surface area (Å²) in [6.45, 7) is 2.92. The topological polar surface area (TPSA) is 230 Å². The van der Waals surface area contributed by atoms with Gasteiger partial charge in [-0.3, -0.25) is 18.6 Å². The average Bonchev–Trinajstić information content (AvgIpc) is 3.32. The van der Waals surface area contributed by atoms with Gasteiger partial charge in [0, 0.05) is 12.8 Å². The summed E-state index contributed by atoms with van der Waals surface area (Å²) in [7, 11) is -5.18. The lowest BCUT2D eigenvalue weighted by Crippen LogP contribution is -2.64. The molecule has 0 bridgehead atoms. The van der Waals surface area contributed by atoms with Crippen molar-refractivity contribution in [1.82, 2.24) is 0 Å². The van der Waals surface area contributed by atoms with E-state index >= 15 is 0 Å². The summed E-state index contributed by atoms with van der Waals surface area (Å²) in [4.78, 5) is 35.7. The molecule has 0 spiro atoms. The van der Waals surface area contributed by atoms with Crippen LogP contribution in [0.1, 0.15) is 123 Å². The zero-order valence-electron chi connectivity index (χ0n) is 40.2. The van der Waals surface area contributed by atoms with Crippen molar-refractivity contribution in [2.45, 2.75) is 172 Å². The van der Waals surface area contributed by atoms with Crippen molar-refractivity contribution in [3.05, 3.63) is 134 Å². The summed E-state index contributed by atoms with van der Waals surface area (Å²) in [6, 6.07) is 0. The molecule has 1 rings (SSSR count). The quantitative estimate of drug-likeness (QED) is 0.0101. The minimum atomic E-state index is -5.18. The highest BCUT2D eigenvalue weighted by atomic mass is 31.2. The van der Waals surface area contributed by atoms with Gasteiger partial charge in [0.05, 0.1) is 12.7 Å². The third-order valence-electron chi connectivity index (χ3n) is 10.1. The Balaban J connectivity index is 2.58. The number of phosphoric ester groups is 1. The highest BCUT2D eigenvalue weighted by Crippen LogP contribution is 2.47. The van der Waals surface area contributed by atoms with Gasteiger partial charge in [-0.25, -0.2) is 4.57 Å². The summed E-state index contributed by atoms with van der Waals surface area (Å²) >= 11 is 0. The molecule has 0 aromatic heterocycles. The molecular formula is C53H81O14P. The molecule has 1 fully saturated rings. The molecule has 0 radical (unpaired) electrons. The monoisotopic (exact) mass is 973 g/mol. The first-order chi connectivity index (χ1) is 32.8. The maximum absolute atomic E-state index is 12.8. The van der Waals surface area contributed by atoms with Crippen molar-refractivity contribution >= 4 is 19.8 Å². The number of carbonyl (C=O) groups excluding carboxylic acids is 2. The summed E-state index contributed by atoms with van der Waals surface area (Å²) in [5.41, 5.74) is 0. The maximum Gasteiger partial charge on any atom is 0.472 e. The standard InChI is InChI=1S/C53H81O14P/c1-3-5-7-8-9-10-11-12-13-14-15-16-17-20-23-26-29-32-36-40-46(55)64-42-45(43-65-68(62,63)67-53-51(60)49(58)48(57)50(59)52(53)61)66-47(56)41-37-33-30-27-24-21-18-19-22-25-28-31-35-39-44(54)38-34-6-4-2/h6,9-10,12-13,15-16,19-24,28-35,39,44-45,48-54,57-61H,3-5,7-8,11,14,17-18,25-27,36-38,40-43H2,1-2H3,(H,62,63)/b10-9-,13-12-,16-15-,22-19-,23-20-,24-21-,31-28+,32-29-,33-30-,34-6-,39-35+/t44?,45-,48?,49-,50+,51-,52-,53?/m1/s1. The van der Waals surface area contributed by atoms with Gasteiger partial charge in [-0.1, -0.05) is 160 Å². The number of unbranched alkanes of at least 4 members (excludes halogenated alkanes) is 3. The van der Waals surface area contributed by atoms with Crippen LogP contribution in [0, 0.1) is 0 Å². The van der Waals surface area contributed by atoms with Crippen LogP contribution in [-0.2, 0) is 32.7 Å². The van der Waals surface area contributed by atoms with Crippen LogP contribution >= 0.6 is 7.82 Å². The summed E-state index contributed by atoms with van der Waals surface area (Å²) in [6.07, 6.45) is 42.8. The van der Waals surface area contributed by atoms with Gasteiger partial charge < -0.3 is 45.0 Å². The molecule has 7 N–H and O–H groups in total. The van der Waals surface area contributed by atoms with Gasteiger partial charge in [-0.2, -0.15) is 0 Å². The van der Waals surface area contributed by atoms with Crippen LogP contribution in [0.2, 0.25) is 0 Å². The fourth-order valence-corrected chi connectivity index (χ4v) is 7.17. The molecule has 9 atom stereocenters. The van der Waals surface area contributed by atoms with Gasteiger partial charge in [0.15, 0.2) is 6.10 Å². The van der Waals surface area contributed by atoms with Crippen molar-refractivity contribution < 1.29 is 68.2 Å². The molecule has 15 heteroatoms. The Kier molecular flexibility index (Phi) is 37.2. The Bertz CT molecular complexity index is 1710. The van der Waals surface area contributed by atoms with Crippen molar-refractivity contribution in [1.29, 1.82) is 0 Å². The zero-order chi connectivity index (χ0) is 50.1. The fourth-order valence-electron chi connectivity index (χ4n) is 6.20. The number of hydrogen-bond acceptors (Lipinski definition) is 13.